The number of carbonyl (C=O) groups excluding carboxylic acids is 1. The van der Waals surface area contributed by atoms with E-state index in [0.717, 1.165) is 0 Å². The van der Waals surface area contributed by atoms with Crippen molar-refractivity contribution in [1.82, 2.24) is 0 Å². The summed E-state index contributed by atoms with van der Waals surface area (Å²) in [5.41, 5.74) is 5.78. The molecule has 3 nitrogen and oxygen atoms in total. The molecule has 0 aromatic heterocycles. The van der Waals surface area contributed by atoms with Crippen molar-refractivity contribution in [1.29, 1.82) is 0 Å². The van der Waals surface area contributed by atoms with Gasteiger partial charge in [0.2, 0.25) is 0 Å². The summed E-state index contributed by atoms with van der Waals surface area (Å²) in [6, 6.07) is -0.140. The highest BCUT2D eigenvalue weighted by Crippen LogP contribution is 2.20. The van der Waals surface area contributed by atoms with Crippen molar-refractivity contribution in [2.75, 3.05) is 0 Å². The van der Waals surface area contributed by atoms with Crippen LogP contribution in [0.5, 0.6) is 0 Å². The minimum absolute atomic E-state index is 0.0456. The standard InChI is InChI=1S/C10H21NO2/c1-7(2)13-9(12)6-8(11)10(3,4)5/h7-8H,6,11H2,1-5H3. The van der Waals surface area contributed by atoms with Gasteiger partial charge in [0.25, 0.3) is 0 Å². The lowest BCUT2D eigenvalue weighted by Crippen LogP contribution is -2.37. The zero-order valence-electron chi connectivity index (χ0n) is 9.26. The molecule has 0 amide bonds. The summed E-state index contributed by atoms with van der Waals surface area (Å²) in [4.78, 5) is 11.2. The molecule has 0 aromatic carbocycles. The molecule has 1 atom stereocenters. The van der Waals surface area contributed by atoms with Crippen molar-refractivity contribution in [2.24, 2.45) is 11.1 Å². The van der Waals surface area contributed by atoms with Crippen LogP contribution in [0.3, 0.4) is 0 Å². The molecule has 0 aliphatic rings. The fraction of sp³-hybridized carbons (Fsp3) is 0.900. The first-order chi connectivity index (χ1) is 5.73. The summed E-state index contributed by atoms with van der Waals surface area (Å²) >= 11 is 0. The molecule has 0 bridgehead atoms. The smallest absolute Gasteiger partial charge is 0.307 e. The monoisotopic (exact) mass is 187 g/mol. The fourth-order valence-corrected chi connectivity index (χ4v) is 0.797. The minimum Gasteiger partial charge on any atom is -0.463 e. The quantitative estimate of drug-likeness (QED) is 0.684. The van der Waals surface area contributed by atoms with E-state index in [4.69, 9.17) is 10.5 Å². The molecule has 1 unspecified atom stereocenters. The number of carbonyl (C=O) groups is 1. The van der Waals surface area contributed by atoms with Crippen LogP contribution in [0.2, 0.25) is 0 Å². The van der Waals surface area contributed by atoms with Crippen LogP contribution in [0.1, 0.15) is 41.0 Å². The Labute approximate surface area is 80.6 Å². The van der Waals surface area contributed by atoms with Gasteiger partial charge in [0.1, 0.15) is 0 Å². The second-order valence-corrected chi connectivity index (χ2v) is 4.72. The van der Waals surface area contributed by atoms with E-state index >= 15 is 0 Å². The second-order valence-electron chi connectivity index (χ2n) is 4.72. The molecule has 0 heterocycles. The van der Waals surface area contributed by atoms with Crippen LogP contribution in [-0.4, -0.2) is 18.1 Å². The number of rotatable bonds is 3. The van der Waals surface area contributed by atoms with E-state index in [9.17, 15) is 4.79 Å². The molecule has 13 heavy (non-hydrogen) atoms. The predicted octanol–water partition coefficient (Wildman–Crippen LogP) is 1.70. The van der Waals surface area contributed by atoms with Crippen LogP contribution in [0.4, 0.5) is 0 Å². The molecule has 0 aliphatic heterocycles. The molecule has 0 aromatic rings. The fourth-order valence-electron chi connectivity index (χ4n) is 0.797. The van der Waals surface area contributed by atoms with Crippen LogP contribution in [0, 0.1) is 5.41 Å². The normalized spacial score (nSPS) is 14.4. The average Bonchev–Trinajstić information content (AvgIpc) is 1.82. The van der Waals surface area contributed by atoms with Crippen molar-refractivity contribution in [3.8, 4) is 0 Å². The minimum atomic E-state index is -0.211. The first-order valence-electron chi connectivity index (χ1n) is 4.68. The van der Waals surface area contributed by atoms with Crippen molar-refractivity contribution in [3.63, 3.8) is 0 Å². The first-order valence-corrected chi connectivity index (χ1v) is 4.68. The molecule has 0 rings (SSSR count). The molecular formula is C10H21NO2. The van der Waals surface area contributed by atoms with Crippen molar-refractivity contribution >= 4 is 5.97 Å². The predicted molar refractivity (Wildman–Crippen MR) is 53.3 cm³/mol. The summed E-state index contributed by atoms with van der Waals surface area (Å²) in [5, 5.41) is 0. The summed E-state index contributed by atoms with van der Waals surface area (Å²) in [7, 11) is 0. The Morgan fingerprint density at radius 1 is 1.38 bits per heavy atom. The lowest BCUT2D eigenvalue weighted by atomic mass is 9.85. The van der Waals surface area contributed by atoms with Gasteiger partial charge in [0.15, 0.2) is 0 Å². The molecule has 0 radical (unpaired) electrons. The second kappa shape index (κ2) is 4.61. The average molecular weight is 187 g/mol. The van der Waals surface area contributed by atoms with Crippen LogP contribution < -0.4 is 5.73 Å². The molecule has 78 valence electrons. The lowest BCUT2D eigenvalue weighted by Gasteiger charge is -2.26. The van der Waals surface area contributed by atoms with Crippen molar-refractivity contribution in [3.05, 3.63) is 0 Å². The zero-order valence-corrected chi connectivity index (χ0v) is 9.26. The van der Waals surface area contributed by atoms with Crippen LogP contribution in [-0.2, 0) is 9.53 Å². The topological polar surface area (TPSA) is 52.3 Å². The first kappa shape index (κ1) is 12.4. The highest BCUT2D eigenvalue weighted by molar-refractivity contribution is 5.70. The SMILES string of the molecule is CC(C)OC(=O)CC(N)C(C)(C)C. The summed E-state index contributed by atoms with van der Waals surface area (Å²) in [6.07, 6.45) is 0.237. The molecule has 0 aliphatic carbocycles. The third-order valence-corrected chi connectivity index (χ3v) is 1.87. The highest BCUT2D eigenvalue weighted by atomic mass is 16.5. The molecule has 0 fully saturated rings. The largest absolute Gasteiger partial charge is 0.463 e. The number of esters is 1. The van der Waals surface area contributed by atoms with Gasteiger partial charge in [0.05, 0.1) is 12.5 Å². The number of nitrogens with two attached hydrogens (primary N) is 1. The molecule has 3 heteroatoms. The Kier molecular flexibility index (Phi) is 4.40. The maximum atomic E-state index is 11.2. The van der Waals surface area contributed by atoms with Crippen LogP contribution >= 0.6 is 0 Å². The Balaban J connectivity index is 3.93. The van der Waals surface area contributed by atoms with E-state index in [-0.39, 0.29) is 23.5 Å². The van der Waals surface area contributed by atoms with Gasteiger partial charge in [-0.25, -0.2) is 0 Å². The molecule has 0 spiro atoms. The number of ether oxygens (including phenoxy) is 1. The van der Waals surface area contributed by atoms with Gasteiger partial charge in [0, 0.05) is 6.04 Å². The third kappa shape index (κ3) is 5.64. The van der Waals surface area contributed by atoms with Crippen molar-refractivity contribution < 1.29 is 9.53 Å². The number of hydrogen-bond donors (Lipinski definition) is 1. The van der Waals surface area contributed by atoms with E-state index in [1.165, 1.54) is 0 Å². The summed E-state index contributed by atoms with van der Waals surface area (Å²) in [5.74, 6) is -0.211. The Morgan fingerprint density at radius 3 is 2.15 bits per heavy atom. The molecular weight excluding hydrogens is 166 g/mol. The van der Waals surface area contributed by atoms with E-state index < -0.39 is 0 Å². The van der Waals surface area contributed by atoms with E-state index in [0.29, 0.717) is 6.42 Å². The lowest BCUT2D eigenvalue weighted by molar-refractivity contribution is -0.148. The summed E-state index contributed by atoms with van der Waals surface area (Å²) < 4.78 is 5.00. The van der Waals surface area contributed by atoms with Gasteiger partial charge in [-0.3, -0.25) is 4.79 Å². The maximum absolute atomic E-state index is 11.2. The van der Waals surface area contributed by atoms with Crippen LogP contribution in [0.25, 0.3) is 0 Å². The van der Waals surface area contributed by atoms with Gasteiger partial charge < -0.3 is 10.5 Å². The Morgan fingerprint density at radius 2 is 1.85 bits per heavy atom. The van der Waals surface area contributed by atoms with Gasteiger partial charge >= 0.3 is 5.97 Å². The highest BCUT2D eigenvalue weighted by Gasteiger charge is 2.23. The Bertz CT molecular complexity index is 170. The van der Waals surface area contributed by atoms with Gasteiger partial charge in [-0.15, -0.1) is 0 Å². The summed E-state index contributed by atoms with van der Waals surface area (Å²) in [6.45, 7) is 9.71. The molecule has 0 saturated carbocycles. The zero-order chi connectivity index (χ0) is 10.6. The van der Waals surface area contributed by atoms with E-state index in [2.05, 4.69) is 0 Å². The van der Waals surface area contributed by atoms with Gasteiger partial charge in [-0.1, -0.05) is 20.8 Å². The third-order valence-electron chi connectivity index (χ3n) is 1.87. The van der Waals surface area contributed by atoms with Crippen LogP contribution in [0.15, 0.2) is 0 Å². The molecule has 2 N–H and O–H groups in total. The van der Waals surface area contributed by atoms with E-state index in [1.807, 2.05) is 34.6 Å². The molecule has 0 saturated heterocycles. The van der Waals surface area contributed by atoms with Crippen molar-refractivity contribution in [2.45, 2.75) is 53.2 Å². The van der Waals surface area contributed by atoms with Gasteiger partial charge in [-0.2, -0.15) is 0 Å². The Hall–Kier alpha value is -0.570. The van der Waals surface area contributed by atoms with E-state index in [1.54, 1.807) is 0 Å². The van der Waals surface area contributed by atoms with Gasteiger partial charge in [-0.05, 0) is 19.3 Å². The number of hydrogen-bond acceptors (Lipinski definition) is 3. The maximum Gasteiger partial charge on any atom is 0.307 e.